The van der Waals surface area contributed by atoms with Crippen LogP contribution in [-0.2, 0) is 14.3 Å². The highest BCUT2D eigenvalue weighted by molar-refractivity contribution is 5.86. The summed E-state index contributed by atoms with van der Waals surface area (Å²) in [5, 5.41) is 14.2. The fourth-order valence-corrected chi connectivity index (χ4v) is 1.39. The topological polar surface area (TPSA) is 87.7 Å². The molecule has 2 unspecified atom stereocenters. The fraction of sp³-hybridized carbons (Fsp3) is 0.600. The predicted octanol–water partition coefficient (Wildman–Crippen LogP) is -0.880. The number of amides is 1. The third kappa shape index (κ3) is 3.63. The summed E-state index contributed by atoms with van der Waals surface area (Å²) in [6.45, 7) is 5.02. The molecule has 2 atom stereocenters. The molecule has 90 valence electrons. The summed E-state index contributed by atoms with van der Waals surface area (Å²) in [6.07, 6.45) is 1.04. The number of carbonyl (C=O) groups excluding carboxylic acids is 1. The zero-order valence-corrected chi connectivity index (χ0v) is 8.94. The van der Waals surface area contributed by atoms with Gasteiger partial charge in [0.25, 0.3) is 5.91 Å². The van der Waals surface area contributed by atoms with Crippen LogP contribution in [-0.4, -0.2) is 48.8 Å². The van der Waals surface area contributed by atoms with Crippen LogP contribution < -0.4 is 10.6 Å². The van der Waals surface area contributed by atoms with Crippen LogP contribution >= 0.6 is 0 Å². The van der Waals surface area contributed by atoms with Crippen LogP contribution in [0.15, 0.2) is 12.7 Å². The Morgan fingerprint density at radius 1 is 1.69 bits per heavy atom. The number of ether oxygens (including phenoxy) is 1. The average molecular weight is 228 g/mol. The van der Waals surface area contributed by atoms with Crippen LogP contribution in [0.1, 0.15) is 6.42 Å². The zero-order chi connectivity index (χ0) is 12.0. The third-order valence-corrected chi connectivity index (χ3v) is 2.24. The van der Waals surface area contributed by atoms with Gasteiger partial charge in [0.05, 0.1) is 6.61 Å². The monoisotopic (exact) mass is 228 g/mol. The largest absolute Gasteiger partial charge is 0.480 e. The molecule has 1 heterocycles. The molecule has 1 aliphatic rings. The molecule has 0 saturated carbocycles. The second kappa shape index (κ2) is 6.24. The summed E-state index contributed by atoms with van der Waals surface area (Å²) in [7, 11) is 0. The Morgan fingerprint density at radius 3 is 2.94 bits per heavy atom. The highest BCUT2D eigenvalue weighted by Crippen LogP contribution is 1.99. The van der Waals surface area contributed by atoms with E-state index in [2.05, 4.69) is 17.2 Å². The lowest BCUT2D eigenvalue weighted by molar-refractivity contribution is -0.144. The SMILES string of the molecule is C=CCC(NC(=O)C1CNCCO1)C(=O)O. The Balaban J connectivity index is 2.46. The molecule has 0 aromatic carbocycles. The van der Waals surface area contributed by atoms with Gasteiger partial charge in [-0.15, -0.1) is 6.58 Å². The van der Waals surface area contributed by atoms with Gasteiger partial charge in [0.15, 0.2) is 0 Å². The first-order valence-electron chi connectivity index (χ1n) is 5.11. The van der Waals surface area contributed by atoms with Gasteiger partial charge in [-0.25, -0.2) is 4.79 Å². The van der Waals surface area contributed by atoms with Crippen LogP contribution in [0.4, 0.5) is 0 Å². The first-order chi connectivity index (χ1) is 7.65. The van der Waals surface area contributed by atoms with E-state index in [1.165, 1.54) is 6.08 Å². The lowest BCUT2D eigenvalue weighted by atomic mass is 10.2. The fourth-order valence-electron chi connectivity index (χ4n) is 1.39. The van der Waals surface area contributed by atoms with E-state index in [9.17, 15) is 9.59 Å². The molecule has 1 fully saturated rings. The number of nitrogens with one attached hydrogen (secondary N) is 2. The Bertz CT molecular complexity index is 274. The smallest absolute Gasteiger partial charge is 0.326 e. The van der Waals surface area contributed by atoms with Crippen molar-refractivity contribution in [3.05, 3.63) is 12.7 Å². The second-order valence-corrected chi connectivity index (χ2v) is 3.49. The van der Waals surface area contributed by atoms with Crippen molar-refractivity contribution in [1.82, 2.24) is 10.6 Å². The van der Waals surface area contributed by atoms with E-state index < -0.39 is 24.0 Å². The summed E-state index contributed by atoms with van der Waals surface area (Å²) in [6, 6.07) is -0.935. The molecule has 0 aromatic rings. The maximum atomic E-state index is 11.6. The van der Waals surface area contributed by atoms with Gasteiger partial charge in [-0.1, -0.05) is 6.08 Å². The van der Waals surface area contributed by atoms with Gasteiger partial charge >= 0.3 is 5.97 Å². The number of aliphatic carboxylic acids is 1. The highest BCUT2D eigenvalue weighted by Gasteiger charge is 2.26. The van der Waals surface area contributed by atoms with E-state index in [4.69, 9.17) is 9.84 Å². The number of carbonyl (C=O) groups is 2. The Morgan fingerprint density at radius 2 is 2.44 bits per heavy atom. The van der Waals surface area contributed by atoms with E-state index >= 15 is 0 Å². The van der Waals surface area contributed by atoms with Gasteiger partial charge in [0.2, 0.25) is 0 Å². The molecular formula is C10H16N2O4. The second-order valence-electron chi connectivity index (χ2n) is 3.49. The van der Waals surface area contributed by atoms with E-state index in [0.29, 0.717) is 19.7 Å². The molecule has 1 saturated heterocycles. The van der Waals surface area contributed by atoms with Gasteiger partial charge in [-0.3, -0.25) is 4.79 Å². The summed E-state index contributed by atoms with van der Waals surface area (Å²) in [5.41, 5.74) is 0. The molecule has 16 heavy (non-hydrogen) atoms. The van der Waals surface area contributed by atoms with Crippen LogP contribution in [0.25, 0.3) is 0 Å². The predicted molar refractivity (Wildman–Crippen MR) is 57.0 cm³/mol. The molecule has 1 aliphatic heterocycles. The minimum absolute atomic E-state index is 0.196. The van der Waals surface area contributed by atoms with Crippen LogP contribution in [0, 0.1) is 0 Å². The van der Waals surface area contributed by atoms with E-state index in [-0.39, 0.29) is 6.42 Å². The van der Waals surface area contributed by atoms with Gasteiger partial charge in [0, 0.05) is 13.1 Å². The Kier molecular flexibility index (Phi) is 4.94. The highest BCUT2D eigenvalue weighted by atomic mass is 16.5. The van der Waals surface area contributed by atoms with Crippen LogP contribution in [0.3, 0.4) is 0 Å². The zero-order valence-electron chi connectivity index (χ0n) is 8.94. The first kappa shape index (κ1) is 12.7. The normalized spacial score (nSPS) is 22.1. The van der Waals surface area contributed by atoms with Crippen LogP contribution in [0.2, 0.25) is 0 Å². The molecule has 0 radical (unpaired) electrons. The van der Waals surface area contributed by atoms with Crippen molar-refractivity contribution in [1.29, 1.82) is 0 Å². The van der Waals surface area contributed by atoms with E-state index in [1.54, 1.807) is 0 Å². The van der Waals surface area contributed by atoms with Crippen molar-refractivity contribution in [2.75, 3.05) is 19.7 Å². The molecule has 0 spiro atoms. The van der Waals surface area contributed by atoms with Crippen molar-refractivity contribution < 1.29 is 19.4 Å². The molecule has 1 rings (SSSR count). The standard InChI is InChI=1S/C10H16N2O4/c1-2-3-7(10(14)15)12-9(13)8-6-11-4-5-16-8/h2,7-8,11H,1,3-6H2,(H,12,13)(H,14,15). The lowest BCUT2D eigenvalue weighted by Crippen LogP contribution is -2.51. The Hall–Kier alpha value is -1.40. The summed E-state index contributed by atoms with van der Waals surface area (Å²) < 4.78 is 5.21. The quantitative estimate of drug-likeness (QED) is 0.532. The van der Waals surface area contributed by atoms with Crippen molar-refractivity contribution in [3.8, 4) is 0 Å². The van der Waals surface area contributed by atoms with Gasteiger partial charge in [-0.2, -0.15) is 0 Å². The molecule has 0 aromatic heterocycles. The number of hydrogen-bond acceptors (Lipinski definition) is 4. The number of rotatable bonds is 5. The number of morpholine rings is 1. The number of carboxylic acids is 1. The van der Waals surface area contributed by atoms with Crippen molar-refractivity contribution in [2.24, 2.45) is 0 Å². The van der Waals surface area contributed by atoms with E-state index in [1.807, 2.05) is 0 Å². The molecule has 0 bridgehead atoms. The van der Waals surface area contributed by atoms with Gasteiger partial charge in [0.1, 0.15) is 12.1 Å². The summed E-state index contributed by atoms with van der Waals surface area (Å²) in [5.74, 6) is -1.47. The third-order valence-electron chi connectivity index (χ3n) is 2.24. The molecule has 0 aliphatic carbocycles. The molecular weight excluding hydrogens is 212 g/mol. The van der Waals surface area contributed by atoms with E-state index in [0.717, 1.165) is 0 Å². The molecule has 6 nitrogen and oxygen atoms in total. The maximum Gasteiger partial charge on any atom is 0.326 e. The number of hydrogen-bond donors (Lipinski definition) is 3. The lowest BCUT2D eigenvalue weighted by Gasteiger charge is -2.24. The summed E-state index contributed by atoms with van der Waals surface area (Å²) in [4.78, 5) is 22.4. The number of carboxylic acid groups (broad SMARTS) is 1. The minimum atomic E-state index is -1.07. The minimum Gasteiger partial charge on any atom is -0.480 e. The van der Waals surface area contributed by atoms with Gasteiger partial charge in [-0.05, 0) is 6.42 Å². The average Bonchev–Trinajstić information content (AvgIpc) is 2.29. The first-order valence-corrected chi connectivity index (χ1v) is 5.11. The van der Waals surface area contributed by atoms with Crippen molar-refractivity contribution in [2.45, 2.75) is 18.6 Å². The van der Waals surface area contributed by atoms with Crippen molar-refractivity contribution >= 4 is 11.9 Å². The Labute approximate surface area is 93.7 Å². The summed E-state index contributed by atoms with van der Waals surface area (Å²) >= 11 is 0. The maximum absolute atomic E-state index is 11.6. The molecule has 3 N–H and O–H groups in total. The van der Waals surface area contributed by atoms with Crippen molar-refractivity contribution in [3.63, 3.8) is 0 Å². The van der Waals surface area contributed by atoms with Crippen LogP contribution in [0.5, 0.6) is 0 Å². The van der Waals surface area contributed by atoms with Gasteiger partial charge < -0.3 is 20.5 Å². The molecule has 6 heteroatoms. The molecule has 1 amide bonds.